The Labute approximate surface area is 132 Å². The summed E-state index contributed by atoms with van der Waals surface area (Å²) in [5.41, 5.74) is 1.73. The van der Waals surface area contributed by atoms with Gasteiger partial charge in [0.1, 0.15) is 11.6 Å². The van der Waals surface area contributed by atoms with Crippen LogP contribution in [0.2, 0.25) is 0 Å². The standard InChI is InChI=1S/C18H14FNO3/c1-22-13-5-8-16-11(9-13)4-7-17(20-16)14-6-3-12(10-15(14)19)18(21)23-2/h3-10H,1-2H3. The molecule has 0 radical (unpaired) electrons. The van der Waals surface area contributed by atoms with Crippen molar-refractivity contribution in [2.24, 2.45) is 0 Å². The van der Waals surface area contributed by atoms with Gasteiger partial charge in [-0.2, -0.15) is 0 Å². The zero-order valence-electron chi connectivity index (χ0n) is 12.7. The molecule has 0 saturated heterocycles. The molecule has 0 fully saturated rings. The Morgan fingerprint density at radius 1 is 1.04 bits per heavy atom. The number of benzene rings is 2. The number of rotatable bonds is 3. The fraction of sp³-hybridized carbons (Fsp3) is 0.111. The van der Waals surface area contributed by atoms with E-state index in [1.54, 1.807) is 19.2 Å². The second-order valence-corrected chi connectivity index (χ2v) is 4.94. The van der Waals surface area contributed by atoms with Crippen LogP contribution < -0.4 is 4.74 Å². The fourth-order valence-electron chi connectivity index (χ4n) is 2.35. The van der Waals surface area contributed by atoms with Crippen molar-refractivity contribution in [2.75, 3.05) is 14.2 Å². The van der Waals surface area contributed by atoms with Gasteiger partial charge in [-0.05, 0) is 42.5 Å². The van der Waals surface area contributed by atoms with Gasteiger partial charge in [-0.3, -0.25) is 0 Å². The SMILES string of the molecule is COC(=O)c1ccc(-c2ccc3cc(OC)ccc3n2)c(F)c1. The van der Waals surface area contributed by atoms with Gasteiger partial charge in [0.2, 0.25) is 0 Å². The minimum atomic E-state index is -0.575. The zero-order valence-corrected chi connectivity index (χ0v) is 12.7. The van der Waals surface area contributed by atoms with Crippen molar-refractivity contribution in [2.45, 2.75) is 0 Å². The van der Waals surface area contributed by atoms with Crippen LogP contribution in [0.1, 0.15) is 10.4 Å². The smallest absolute Gasteiger partial charge is 0.337 e. The van der Waals surface area contributed by atoms with Crippen LogP contribution in [0.5, 0.6) is 5.75 Å². The monoisotopic (exact) mass is 311 g/mol. The molecule has 0 bridgehead atoms. The molecule has 0 saturated carbocycles. The number of hydrogen-bond acceptors (Lipinski definition) is 4. The first-order chi connectivity index (χ1) is 11.1. The number of carbonyl (C=O) groups is 1. The van der Waals surface area contributed by atoms with Crippen LogP contribution in [0.3, 0.4) is 0 Å². The summed E-state index contributed by atoms with van der Waals surface area (Å²) in [6, 6.07) is 13.3. The van der Waals surface area contributed by atoms with Crippen molar-refractivity contribution < 1.29 is 18.7 Å². The van der Waals surface area contributed by atoms with Gasteiger partial charge in [-0.25, -0.2) is 14.2 Å². The average molecular weight is 311 g/mol. The Kier molecular flexibility index (Phi) is 3.93. The summed E-state index contributed by atoms with van der Waals surface area (Å²) in [7, 11) is 2.86. The summed E-state index contributed by atoms with van der Waals surface area (Å²) in [5.74, 6) is -0.358. The molecular formula is C18H14FNO3. The van der Waals surface area contributed by atoms with E-state index in [-0.39, 0.29) is 5.56 Å². The summed E-state index contributed by atoms with van der Waals surface area (Å²) in [6.07, 6.45) is 0. The first-order valence-electron chi connectivity index (χ1n) is 6.95. The van der Waals surface area contributed by atoms with E-state index in [1.807, 2.05) is 18.2 Å². The number of hydrogen-bond donors (Lipinski definition) is 0. The Morgan fingerprint density at radius 3 is 2.57 bits per heavy atom. The third kappa shape index (κ3) is 2.85. The quantitative estimate of drug-likeness (QED) is 0.690. The van der Waals surface area contributed by atoms with Gasteiger partial charge in [0.25, 0.3) is 0 Å². The van der Waals surface area contributed by atoms with Crippen LogP contribution in [0.15, 0.2) is 48.5 Å². The number of nitrogens with zero attached hydrogens (tertiary/aromatic N) is 1. The van der Waals surface area contributed by atoms with Crippen LogP contribution in [0, 0.1) is 5.82 Å². The molecule has 5 heteroatoms. The van der Waals surface area contributed by atoms with E-state index in [1.165, 1.54) is 19.2 Å². The molecule has 23 heavy (non-hydrogen) atoms. The minimum absolute atomic E-state index is 0.166. The fourth-order valence-corrected chi connectivity index (χ4v) is 2.35. The van der Waals surface area contributed by atoms with E-state index in [2.05, 4.69) is 9.72 Å². The van der Waals surface area contributed by atoms with Crippen LogP contribution >= 0.6 is 0 Å². The molecule has 0 spiro atoms. The number of pyridine rings is 1. The van der Waals surface area contributed by atoms with Crippen molar-refractivity contribution in [1.29, 1.82) is 0 Å². The highest BCUT2D eigenvalue weighted by Gasteiger charge is 2.12. The maximum Gasteiger partial charge on any atom is 0.337 e. The number of ether oxygens (including phenoxy) is 2. The van der Waals surface area contributed by atoms with Crippen LogP contribution in [-0.4, -0.2) is 25.2 Å². The van der Waals surface area contributed by atoms with Crippen molar-refractivity contribution in [3.63, 3.8) is 0 Å². The number of aromatic nitrogens is 1. The highest BCUT2D eigenvalue weighted by molar-refractivity contribution is 5.90. The van der Waals surface area contributed by atoms with Gasteiger partial charge in [-0.15, -0.1) is 0 Å². The van der Waals surface area contributed by atoms with Crippen molar-refractivity contribution in [3.05, 3.63) is 59.9 Å². The number of esters is 1. The number of methoxy groups -OCH3 is 2. The Balaban J connectivity index is 2.04. The van der Waals surface area contributed by atoms with Gasteiger partial charge in [-0.1, -0.05) is 6.07 Å². The molecule has 0 aliphatic rings. The zero-order chi connectivity index (χ0) is 16.4. The third-order valence-electron chi connectivity index (χ3n) is 3.56. The summed E-state index contributed by atoms with van der Waals surface area (Å²) in [4.78, 5) is 15.9. The molecule has 0 aliphatic heterocycles. The summed E-state index contributed by atoms with van der Waals surface area (Å²) >= 11 is 0. The Hall–Kier alpha value is -2.95. The highest BCUT2D eigenvalue weighted by Crippen LogP contribution is 2.26. The maximum atomic E-state index is 14.3. The van der Waals surface area contributed by atoms with E-state index in [9.17, 15) is 9.18 Å². The minimum Gasteiger partial charge on any atom is -0.497 e. The molecule has 1 aromatic heterocycles. The van der Waals surface area contributed by atoms with Crippen LogP contribution in [0.25, 0.3) is 22.2 Å². The molecule has 116 valence electrons. The lowest BCUT2D eigenvalue weighted by molar-refractivity contribution is 0.0600. The molecule has 2 aromatic carbocycles. The first kappa shape index (κ1) is 15.0. The predicted octanol–water partition coefficient (Wildman–Crippen LogP) is 3.84. The Morgan fingerprint density at radius 2 is 1.87 bits per heavy atom. The molecule has 0 amide bonds. The lowest BCUT2D eigenvalue weighted by Crippen LogP contribution is -2.02. The van der Waals surface area contributed by atoms with E-state index in [0.29, 0.717) is 11.3 Å². The van der Waals surface area contributed by atoms with Gasteiger partial charge in [0.15, 0.2) is 0 Å². The second kappa shape index (κ2) is 6.04. The van der Waals surface area contributed by atoms with E-state index in [0.717, 1.165) is 22.7 Å². The van der Waals surface area contributed by atoms with Gasteiger partial charge in [0.05, 0.1) is 31.0 Å². The molecule has 4 nitrogen and oxygen atoms in total. The Bertz CT molecular complexity index is 893. The molecule has 0 N–H and O–H groups in total. The van der Waals surface area contributed by atoms with Crippen molar-refractivity contribution in [3.8, 4) is 17.0 Å². The van der Waals surface area contributed by atoms with Crippen molar-refractivity contribution in [1.82, 2.24) is 4.98 Å². The van der Waals surface area contributed by atoms with E-state index in [4.69, 9.17) is 4.74 Å². The topological polar surface area (TPSA) is 48.4 Å². The maximum absolute atomic E-state index is 14.3. The average Bonchev–Trinajstić information content (AvgIpc) is 2.60. The number of fused-ring (bicyclic) bond motifs is 1. The molecule has 1 heterocycles. The predicted molar refractivity (Wildman–Crippen MR) is 85.0 cm³/mol. The normalized spacial score (nSPS) is 10.6. The lowest BCUT2D eigenvalue weighted by Gasteiger charge is -2.07. The third-order valence-corrected chi connectivity index (χ3v) is 3.56. The molecule has 0 atom stereocenters. The highest BCUT2D eigenvalue weighted by atomic mass is 19.1. The van der Waals surface area contributed by atoms with Gasteiger partial charge >= 0.3 is 5.97 Å². The summed E-state index contributed by atoms with van der Waals surface area (Å²) < 4.78 is 24.0. The van der Waals surface area contributed by atoms with Crippen LogP contribution in [-0.2, 0) is 4.74 Å². The van der Waals surface area contributed by atoms with E-state index >= 15 is 0 Å². The molecule has 0 aliphatic carbocycles. The molecule has 3 aromatic rings. The molecular weight excluding hydrogens is 297 g/mol. The second-order valence-electron chi connectivity index (χ2n) is 4.94. The molecule has 3 rings (SSSR count). The van der Waals surface area contributed by atoms with Crippen molar-refractivity contribution >= 4 is 16.9 Å². The lowest BCUT2D eigenvalue weighted by atomic mass is 10.1. The van der Waals surface area contributed by atoms with E-state index < -0.39 is 11.8 Å². The molecule has 0 unspecified atom stereocenters. The summed E-state index contributed by atoms with van der Waals surface area (Å²) in [6.45, 7) is 0. The van der Waals surface area contributed by atoms with Crippen LogP contribution in [0.4, 0.5) is 4.39 Å². The number of carbonyl (C=O) groups excluding carboxylic acids is 1. The summed E-state index contributed by atoms with van der Waals surface area (Å²) in [5, 5.41) is 0.902. The van der Waals surface area contributed by atoms with Gasteiger partial charge < -0.3 is 9.47 Å². The first-order valence-corrected chi connectivity index (χ1v) is 6.95. The largest absolute Gasteiger partial charge is 0.497 e. The van der Waals surface area contributed by atoms with Gasteiger partial charge in [0, 0.05) is 10.9 Å². The number of halogens is 1.